The van der Waals surface area contributed by atoms with Crippen molar-refractivity contribution >= 4 is 23.3 Å². The minimum atomic E-state index is -0.624. The van der Waals surface area contributed by atoms with Gasteiger partial charge in [-0.1, -0.05) is 54.6 Å². The summed E-state index contributed by atoms with van der Waals surface area (Å²) in [6.45, 7) is 0. The van der Waals surface area contributed by atoms with Crippen LogP contribution in [0.1, 0.15) is 5.56 Å². The number of carbonyl (C=O) groups excluding carboxylic acids is 2. The highest BCUT2D eigenvalue weighted by molar-refractivity contribution is 5.93. The van der Waals surface area contributed by atoms with E-state index in [2.05, 4.69) is 22.8 Å². The third kappa shape index (κ3) is 4.70. The Morgan fingerprint density at radius 3 is 1.81 bits per heavy atom. The van der Waals surface area contributed by atoms with E-state index in [0.29, 0.717) is 11.4 Å². The van der Waals surface area contributed by atoms with Crippen molar-refractivity contribution in [1.82, 2.24) is 0 Å². The predicted molar refractivity (Wildman–Crippen MR) is 104 cm³/mol. The first-order valence-corrected chi connectivity index (χ1v) is 8.21. The Balaban J connectivity index is 1.58. The minimum absolute atomic E-state index is 0.104. The number of amides is 3. The molecular formula is C21H19N3O2. The standard InChI is InChI=1S/C21H19N3O2/c22-21(26)24-19-12-10-18(11-13-19)23-20(25)14-15-6-8-17(9-7-15)16-4-2-1-3-5-16/h1-13H,14H2,(H,23,25)(H3,22,24,26). The fraction of sp³-hybridized carbons (Fsp3) is 0.0476. The number of nitrogens with one attached hydrogen (secondary N) is 2. The topological polar surface area (TPSA) is 84.2 Å². The van der Waals surface area contributed by atoms with Gasteiger partial charge in [0.1, 0.15) is 0 Å². The molecule has 3 amide bonds. The van der Waals surface area contributed by atoms with Gasteiger partial charge in [0.2, 0.25) is 5.91 Å². The lowest BCUT2D eigenvalue weighted by Gasteiger charge is -2.08. The summed E-state index contributed by atoms with van der Waals surface area (Å²) in [4.78, 5) is 23.0. The third-order valence-corrected chi connectivity index (χ3v) is 3.86. The van der Waals surface area contributed by atoms with Crippen LogP contribution in [0.25, 0.3) is 11.1 Å². The molecule has 26 heavy (non-hydrogen) atoms. The first-order valence-electron chi connectivity index (χ1n) is 8.21. The van der Waals surface area contributed by atoms with Crippen molar-refractivity contribution in [3.05, 3.63) is 84.4 Å². The van der Waals surface area contributed by atoms with Crippen LogP contribution in [0.4, 0.5) is 16.2 Å². The summed E-state index contributed by atoms with van der Waals surface area (Å²) in [7, 11) is 0. The molecule has 0 radical (unpaired) electrons. The van der Waals surface area contributed by atoms with Gasteiger partial charge in [0.05, 0.1) is 6.42 Å². The largest absolute Gasteiger partial charge is 0.351 e. The lowest BCUT2D eigenvalue weighted by atomic mass is 10.0. The van der Waals surface area contributed by atoms with Crippen molar-refractivity contribution in [3.8, 4) is 11.1 Å². The second kappa shape index (κ2) is 7.98. The highest BCUT2D eigenvalue weighted by Gasteiger charge is 2.05. The lowest BCUT2D eigenvalue weighted by molar-refractivity contribution is -0.115. The molecule has 0 aromatic heterocycles. The van der Waals surface area contributed by atoms with Gasteiger partial charge in [-0.2, -0.15) is 0 Å². The molecular weight excluding hydrogens is 326 g/mol. The first kappa shape index (κ1) is 17.2. The van der Waals surface area contributed by atoms with Gasteiger partial charge >= 0.3 is 6.03 Å². The minimum Gasteiger partial charge on any atom is -0.351 e. The van der Waals surface area contributed by atoms with Gasteiger partial charge in [-0.05, 0) is 41.0 Å². The summed E-state index contributed by atoms with van der Waals surface area (Å²) in [5, 5.41) is 5.30. The second-order valence-corrected chi connectivity index (χ2v) is 5.85. The molecule has 5 nitrogen and oxygen atoms in total. The summed E-state index contributed by atoms with van der Waals surface area (Å²) >= 11 is 0. The number of primary amides is 1. The van der Waals surface area contributed by atoms with E-state index in [1.54, 1.807) is 24.3 Å². The summed E-state index contributed by atoms with van der Waals surface area (Å²) in [5.74, 6) is -0.104. The van der Waals surface area contributed by atoms with E-state index < -0.39 is 6.03 Å². The maximum absolute atomic E-state index is 12.2. The van der Waals surface area contributed by atoms with E-state index in [1.807, 2.05) is 42.5 Å². The average molecular weight is 345 g/mol. The molecule has 130 valence electrons. The van der Waals surface area contributed by atoms with Crippen LogP contribution in [0.3, 0.4) is 0 Å². The van der Waals surface area contributed by atoms with Crippen molar-refractivity contribution in [2.45, 2.75) is 6.42 Å². The smallest absolute Gasteiger partial charge is 0.316 e. The van der Waals surface area contributed by atoms with Crippen LogP contribution in [0.5, 0.6) is 0 Å². The molecule has 0 fully saturated rings. The number of benzene rings is 3. The Hall–Kier alpha value is -3.60. The zero-order chi connectivity index (χ0) is 18.4. The molecule has 0 heterocycles. The second-order valence-electron chi connectivity index (χ2n) is 5.85. The SMILES string of the molecule is NC(=O)Nc1ccc(NC(=O)Cc2ccc(-c3ccccc3)cc2)cc1. The van der Waals surface area contributed by atoms with Crippen molar-refractivity contribution in [1.29, 1.82) is 0 Å². The quantitative estimate of drug-likeness (QED) is 0.652. The normalized spacial score (nSPS) is 10.2. The Morgan fingerprint density at radius 2 is 1.23 bits per heavy atom. The third-order valence-electron chi connectivity index (χ3n) is 3.86. The van der Waals surface area contributed by atoms with Gasteiger partial charge in [-0.3, -0.25) is 4.79 Å². The van der Waals surface area contributed by atoms with Crippen molar-refractivity contribution in [3.63, 3.8) is 0 Å². The van der Waals surface area contributed by atoms with Gasteiger partial charge in [0.15, 0.2) is 0 Å². The van der Waals surface area contributed by atoms with E-state index >= 15 is 0 Å². The molecule has 0 atom stereocenters. The van der Waals surface area contributed by atoms with E-state index in [9.17, 15) is 9.59 Å². The van der Waals surface area contributed by atoms with Gasteiger partial charge in [0, 0.05) is 11.4 Å². The molecule has 0 saturated carbocycles. The number of hydrogen-bond acceptors (Lipinski definition) is 2. The zero-order valence-electron chi connectivity index (χ0n) is 14.1. The summed E-state index contributed by atoms with van der Waals surface area (Å²) < 4.78 is 0. The summed E-state index contributed by atoms with van der Waals surface area (Å²) in [6.07, 6.45) is 0.288. The van der Waals surface area contributed by atoms with E-state index in [0.717, 1.165) is 16.7 Å². The highest BCUT2D eigenvalue weighted by Crippen LogP contribution is 2.20. The number of nitrogens with two attached hydrogens (primary N) is 1. The number of carbonyl (C=O) groups is 2. The first-order chi connectivity index (χ1) is 12.6. The summed E-state index contributed by atoms with van der Waals surface area (Å²) in [6, 6.07) is 24.2. The molecule has 0 spiro atoms. The molecule has 3 rings (SSSR count). The molecule has 0 saturated heterocycles. The lowest BCUT2D eigenvalue weighted by Crippen LogP contribution is -2.19. The van der Waals surface area contributed by atoms with Crippen LogP contribution in [-0.2, 0) is 11.2 Å². The van der Waals surface area contributed by atoms with Crippen LogP contribution in [0.2, 0.25) is 0 Å². The maximum atomic E-state index is 12.2. The molecule has 4 N–H and O–H groups in total. The van der Waals surface area contributed by atoms with Gasteiger partial charge in [0.25, 0.3) is 0 Å². The molecule has 0 aliphatic carbocycles. The van der Waals surface area contributed by atoms with Crippen LogP contribution in [-0.4, -0.2) is 11.9 Å². The Bertz CT molecular complexity index is 889. The molecule has 3 aromatic rings. The van der Waals surface area contributed by atoms with Crippen molar-refractivity contribution in [2.75, 3.05) is 10.6 Å². The Labute approximate surface area is 151 Å². The maximum Gasteiger partial charge on any atom is 0.316 e. The number of rotatable bonds is 5. The fourth-order valence-electron chi connectivity index (χ4n) is 2.62. The van der Waals surface area contributed by atoms with Crippen LogP contribution < -0.4 is 16.4 Å². The van der Waals surface area contributed by atoms with Crippen LogP contribution in [0, 0.1) is 0 Å². The monoisotopic (exact) mass is 345 g/mol. The van der Waals surface area contributed by atoms with E-state index in [1.165, 1.54) is 0 Å². The Morgan fingerprint density at radius 1 is 0.692 bits per heavy atom. The summed E-state index contributed by atoms with van der Waals surface area (Å²) in [5.41, 5.74) is 9.49. The number of urea groups is 1. The molecule has 0 aliphatic heterocycles. The number of hydrogen-bond donors (Lipinski definition) is 3. The van der Waals surface area contributed by atoms with Gasteiger partial charge < -0.3 is 16.4 Å². The molecule has 5 heteroatoms. The van der Waals surface area contributed by atoms with E-state index in [4.69, 9.17) is 5.73 Å². The van der Waals surface area contributed by atoms with Gasteiger partial charge in [-0.25, -0.2) is 4.79 Å². The van der Waals surface area contributed by atoms with Crippen LogP contribution in [0.15, 0.2) is 78.9 Å². The molecule has 0 unspecified atom stereocenters. The zero-order valence-corrected chi connectivity index (χ0v) is 14.1. The molecule has 0 bridgehead atoms. The van der Waals surface area contributed by atoms with Crippen molar-refractivity contribution in [2.24, 2.45) is 5.73 Å². The van der Waals surface area contributed by atoms with E-state index in [-0.39, 0.29) is 12.3 Å². The van der Waals surface area contributed by atoms with Crippen molar-refractivity contribution < 1.29 is 9.59 Å². The highest BCUT2D eigenvalue weighted by atomic mass is 16.2. The van der Waals surface area contributed by atoms with Crippen LogP contribution >= 0.6 is 0 Å². The molecule has 0 aliphatic rings. The molecule has 3 aromatic carbocycles. The average Bonchev–Trinajstić information content (AvgIpc) is 2.64. The fourth-order valence-corrected chi connectivity index (χ4v) is 2.62. The Kier molecular flexibility index (Phi) is 5.29. The van der Waals surface area contributed by atoms with Gasteiger partial charge in [-0.15, -0.1) is 0 Å². The predicted octanol–water partition coefficient (Wildman–Crippen LogP) is 4.03. The number of anilines is 2.